The molecule has 0 aromatic rings. The molecule has 3 N–H and O–H groups in total. The van der Waals surface area contributed by atoms with Crippen LogP contribution in [-0.2, 0) is 0 Å². The van der Waals surface area contributed by atoms with E-state index in [2.05, 4.69) is 5.16 Å². The highest BCUT2D eigenvalue weighted by atomic mass is 16.4. The van der Waals surface area contributed by atoms with Crippen LogP contribution in [0, 0.1) is 16.7 Å². The molecule has 0 aliphatic carbocycles. The van der Waals surface area contributed by atoms with Crippen LogP contribution < -0.4 is 5.32 Å². The van der Waals surface area contributed by atoms with Gasteiger partial charge in [0.2, 0.25) is 0 Å². The van der Waals surface area contributed by atoms with E-state index >= 15 is 0 Å². The standard InChI is InChI=1S/C7H12N2O.C2H5NO2/c1-7(2,6-9-10)4-3-5-8;1-3-2(4)5/h6,10H,3-4H2,1-2H3;3H,1H3,(H,4,5)/b9-6-;. The second kappa shape index (κ2) is 8.81. The number of nitrogens with zero attached hydrogens (tertiary/aromatic N) is 2. The van der Waals surface area contributed by atoms with E-state index in [1.54, 1.807) is 0 Å². The average molecular weight is 215 g/mol. The second-order valence-electron chi connectivity index (χ2n) is 3.45. The molecule has 0 atom stereocenters. The number of nitrogens with one attached hydrogen (secondary N) is 1. The van der Waals surface area contributed by atoms with Crippen LogP contribution in [0.1, 0.15) is 26.7 Å². The molecule has 86 valence electrons. The number of hydrogen-bond acceptors (Lipinski definition) is 4. The van der Waals surface area contributed by atoms with Crippen LogP contribution in [0.15, 0.2) is 5.16 Å². The van der Waals surface area contributed by atoms with Gasteiger partial charge in [-0.15, -0.1) is 5.16 Å². The van der Waals surface area contributed by atoms with Crippen LogP contribution in [0.4, 0.5) is 4.79 Å². The van der Waals surface area contributed by atoms with Gasteiger partial charge in [0.15, 0.2) is 0 Å². The van der Waals surface area contributed by atoms with Gasteiger partial charge >= 0.3 is 6.09 Å². The summed E-state index contributed by atoms with van der Waals surface area (Å²) in [6.07, 6.45) is 1.68. The van der Waals surface area contributed by atoms with Crippen molar-refractivity contribution >= 4 is 12.3 Å². The predicted octanol–water partition coefficient (Wildman–Crippen LogP) is 1.66. The number of oxime groups is 1. The van der Waals surface area contributed by atoms with E-state index in [1.807, 2.05) is 25.2 Å². The Balaban J connectivity index is 0. The lowest BCUT2D eigenvalue weighted by Gasteiger charge is -2.15. The minimum Gasteiger partial charge on any atom is -0.465 e. The first-order chi connectivity index (χ1) is 6.89. The minimum absolute atomic E-state index is 0.162. The summed E-state index contributed by atoms with van der Waals surface area (Å²) in [5.41, 5.74) is -0.162. The lowest BCUT2D eigenvalue weighted by Crippen LogP contribution is -2.13. The molecule has 6 heteroatoms. The quantitative estimate of drug-likeness (QED) is 0.378. The number of carbonyl (C=O) groups is 1. The SMILES string of the molecule is CC(C)(/C=N\O)CCC#N.CNC(=O)O. The molecule has 0 aliphatic rings. The van der Waals surface area contributed by atoms with E-state index in [0.717, 1.165) is 6.42 Å². The number of nitriles is 1. The molecular formula is C9H17N3O3. The zero-order valence-corrected chi connectivity index (χ0v) is 9.19. The summed E-state index contributed by atoms with van der Waals surface area (Å²) < 4.78 is 0. The molecule has 0 saturated carbocycles. The largest absolute Gasteiger partial charge is 0.465 e. The molecule has 0 radical (unpaired) electrons. The first kappa shape index (κ1) is 15.7. The lowest BCUT2D eigenvalue weighted by atomic mass is 9.90. The molecule has 0 bridgehead atoms. The van der Waals surface area contributed by atoms with Crippen molar-refractivity contribution in [2.45, 2.75) is 26.7 Å². The van der Waals surface area contributed by atoms with Crippen molar-refractivity contribution in [2.75, 3.05) is 7.05 Å². The molecule has 1 amide bonds. The Morgan fingerprint density at radius 2 is 2.13 bits per heavy atom. The molecule has 0 fully saturated rings. The number of rotatable bonds is 3. The van der Waals surface area contributed by atoms with Crippen LogP contribution in [-0.4, -0.2) is 29.7 Å². The van der Waals surface area contributed by atoms with Crippen molar-refractivity contribution in [1.29, 1.82) is 5.26 Å². The monoisotopic (exact) mass is 215 g/mol. The van der Waals surface area contributed by atoms with Crippen molar-refractivity contribution in [3.05, 3.63) is 0 Å². The summed E-state index contributed by atoms with van der Waals surface area (Å²) in [4.78, 5) is 9.26. The van der Waals surface area contributed by atoms with E-state index in [-0.39, 0.29) is 5.41 Å². The molecule has 0 aromatic carbocycles. The van der Waals surface area contributed by atoms with Crippen LogP contribution in [0.5, 0.6) is 0 Å². The van der Waals surface area contributed by atoms with E-state index in [0.29, 0.717) is 6.42 Å². The zero-order chi connectivity index (χ0) is 12.3. The molecule has 0 heterocycles. The van der Waals surface area contributed by atoms with Gasteiger partial charge in [-0.1, -0.05) is 13.8 Å². The van der Waals surface area contributed by atoms with Gasteiger partial charge in [0, 0.05) is 25.1 Å². The van der Waals surface area contributed by atoms with Gasteiger partial charge in [0.1, 0.15) is 0 Å². The highest BCUT2D eigenvalue weighted by Crippen LogP contribution is 2.18. The van der Waals surface area contributed by atoms with Crippen molar-refractivity contribution in [3.63, 3.8) is 0 Å². The molecule has 0 unspecified atom stereocenters. The third-order valence-corrected chi connectivity index (χ3v) is 1.50. The first-order valence-corrected chi connectivity index (χ1v) is 4.36. The second-order valence-corrected chi connectivity index (χ2v) is 3.45. The fraction of sp³-hybridized carbons (Fsp3) is 0.667. The van der Waals surface area contributed by atoms with Gasteiger partial charge in [-0.2, -0.15) is 5.26 Å². The van der Waals surface area contributed by atoms with Crippen LogP contribution in [0.25, 0.3) is 0 Å². The molecule has 0 aromatic heterocycles. The van der Waals surface area contributed by atoms with Gasteiger partial charge in [-0.05, 0) is 6.42 Å². The third kappa shape index (κ3) is 15.0. The van der Waals surface area contributed by atoms with Gasteiger partial charge in [0.25, 0.3) is 0 Å². The normalized spacial score (nSPS) is 10.0. The Hall–Kier alpha value is -1.77. The molecule has 0 saturated heterocycles. The summed E-state index contributed by atoms with van der Waals surface area (Å²) in [7, 11) is 1.35. The number of hydrogen-bond donors (Lipinski definition) is 3. The maximum atomic E-state index is 9.26. The van der Waals surface area contributed by atoms with Gasteiger partial charge in [-0.3, -0.25) is 0 Å². The van der Waals surface area contributed by atoms with Crippen molar-refractivity contribution in [2.24, 2.45) is 10.6 Å². The van der Waals surface area contributed by atoms with E-state index in [9.17, 15) is 4.79 Å². The highest BCUT2D eigenvalue weighted by Gasteiger charge is 2.13. The number of amides is 1. The van der Waals surface area contributed by atoms with E-state index in [1.165, 1.54) is 13.3 Å². The van der Waals surface area contributed by atoms with E-state index in [4.69, 9.17) is 15.6 Å². The van der Waals surface area contributed by atoms with Crippen LogP contribution >= 0.6 is 0 Å². The highest BCUT2D eigenvalue weighted by molar-refractivity contribution is 5.64. The van der Waals surface area contributed by atoms with Crippen LogP contribution in [0.2, 0.25) is 0 Å². The van der Waals surface area contributed by atoms with Crippen molar-refractivity contribution in [3.8, 4) is 6.07 Å². The Kier molecular flexibility index (Phi) is 9.22. The van der Waals surface area contributed by atoms with Gasteiger partial charge < -0.3 is 15.6 Å². The van der Waals surface area contributed by atoms with Gasteiger partial charge in [-0.25, -0.2) is 4.79 Å². The molecule has 0 rings (SSSR count). The summed E-state index contributed by atoms with van der Waals surface area (Å²) >= 11 is 0. The molecule has 15 heavy (non-hydrogen) atoms. The van der Waals surface area contributed by atoms with Crippen molar-refractivity contribution < 1.29 is 15.1 Å². The van der Waals surface area contributed by atoms with Crippen molar-refractivity contribution in [1.82, 2.24) is 5.32 Å². The fourth-order valence-electron chi connectivity index (χ4n) is 0.599. The molecule has 0 aliphatic heterocycles. The molecule has 6 nitrogen and oxygen atoms in total. The smallest absolute Gasteiger partial charge is 0.404 e. The third-order valence-electron chi connectivity index (χ3n) is 1.50. The molecule has 0 spiro atoms. The first-order valence-electron chi connectivity index (χ1n) is 4.36. The fourth-order valence-corrected chi connectivity index (χ4v) is 0.599. The average Bonchev–Trinajstić information content (AvgIpc) is 2.16. The Bertz CT molecular complexity index is 243. The number of carboxylic acid groups (broad SMARTS) is 1. The summed E-state index contributed by atoms with van der Waals surface area (Å²) in [6.45, 7) is 3.84. The maximum absolute atomic E-state index is 9.26. The van der Waals surface area contributed by atoms with Crippen LogP contribution in [0.3, 0.4) is 0 Å². The Morgan fingerprint density at radius 3 is 2.40 bits per heavy atom. The summed E-state index contributed by atoms with van der Waals surface area (Å²) in [5, 5.41) is 28.9. The predicted molar refractivity (Wildman–Crippen MR) is 56.0 cm³/mol. The summed E-state index contributed by atoms with van der Waals surface area (Å²) in [5.74, 6) is 0. The van der Waals surface area contributed by atoms with Gasteiger partial charge in [0.05, 0.1) is 6.07 Å². The topological polar surface area (TPSA) is 106 Å². The zero-order valence-electron chi connectivity index (χ0n) is 9.19. The Morgan fingerprint density at radius 1 is 1.67 bits per heavy atom. The summed E-state index contributed by atoms with van der Waals surface area (Å²) in [6, 6.07) is 2.04. The minimum atomic E-state index is -0.995. The maximum Gasteiger partial charge on any atom is 0.404 e. The lowest BCUT2D eigenvalue weighted by molar-refractivity contribution is 0.197. The molecular weight excluding hydrogens is 198 g/mol. The Labute approximate surface area is 89.2 Å². The van der Waals surface area contributed by atoms with E-state index < -0.39 is 6.09 Å².